The van der Waals surface area contributed by atoms with Crippen LogP contribution in [0.25, 0.3) is 0 Å². The predicted molar refractivity (Wildman–Crippen MR) is 80.7 cm³/mol. The Kier molecular flexibility index (Phi) is 5.00. The summed E-state index contributed by atoms with van der Waals surface area (Å²) in [4.78, 5) is 15.6. The maximum atomic E-state index is 13.0. The third-order valence-electron chi connectivity index (χ3n) is 3.15. The van der Waals surface area contributed by atoms with E-state index < -0.39 is 5.82 Å². The predicted octanol–water partition coefficient (Wildman–Crippen LogP) is 3.14. The minimum Gasteiger partial charge on any atom is -0.322 e. The Labute approximate surface area is 123 Å². The van der Waals surface area contributed by atoms with Gasteiger partial charge in [0.25, 0.3) is 5.91 Å². The lowest BCUT2D eigenvalue weighted by Gasteiger charge is -2.13. The maximum Gasteiger partial charge on any atom is 0.257 e. The number of halogens is 1. The lowest BCUT2D eigenvalue weighted by molar-refractivity contribution is 0.102. The van der Waals surface area contributed by atoms with E-state index in [1.54, 1.807) is 0 Å². The van der Waals surface area contributed by atoms with Crippen molar-refractivity contribution in [1.82, 2.24) is 10.3 Å². The van der Waals surface area contributed by atoms with Crippen molar-refractivity contribution in [2.75, 3.05) is 11.9 Å². The normalized spacial score (nSPS) is 12.0. The molecule has 0 bridgehead atoms. The van der Waals surface area contributed by atoms with Crippen LogP contribution in [0.3, 0.4) is 0 Å². The molecule has 4 nitrogen and oxygen atoms in total. The van der Waals surface area contributed by atoms with Crippen LogP contribution < -0.4 is 10.6 Å². The van der Waals surface area contributed by atoms with Crippen molar-refractivity contribution in [3.8, 4) is 0 Å². The quantitative estimate of drug-likeness (QED) is 0.888. The topological polar surface area (TPSA) is 54.0 Å². The van der Waals surface area contributed by atoms with Gasteiger partial charge in [-0.2, -0.15) is 0 Å². The number of nitrogens with zero attached hydrogens (tertiary/aromatic N) is 1. The Morgan fingerprint density at radius 3 is 2.62 bits per heavy atom. The van der Waals surface area contributed by atoms with E-state index in [1.807, 2.05) is 24.3 Å². The molecular weight excluding hydrogens is 269 g/mol. The summed E-state index contributed by atoms with van der Waals surface area (Å²) in [6.45, 7) is 5.03. The molecule has 110 valence electrons. The fraction of sp³-hybridized carbons (Fsp3) is 0.250. The van der Waals surface area contributed by atoms with Gasteiger partial charge in [-0.15, -0.1) is 0 Å². The van der Waals surface area contributed by atoms with Gasteiger partial charge in [0.1, 0.15) is 5.82 Å². The van der Waals surface area contributed by atoms with Gasteiger partial charge in [-0.3, -0.25) is 9.78 Å². The van der Waals surface area contributed by atoms with Gasteiger partial charge < -0.3 is 10.6 Å². The first-order chi connectivity index (χ1) is 10.1. The van der Waals surface area contributed by atoms with Crippen LogP contribution in [-0.4, -0.2) is 17.4 Å². The van der Waals surface area contributed by atoms with Gasteiger partial charge in [0, 0.05) is 17.9 Å². The van der Waals surface area contributed by atoms with Crippen LogP contribution in [0.15, 0.2) is 42.7 Å². The number of hydrogen-bond donors (Lipinski definition) is 2. The summed E-state index contributed by atoms with van der Waals surface area (Å²) in [5.41, 5.74) is 2.00. The fourth-order valence-electron chi connectivity index (χ4n) is 2.02. The standard InChI is InChI=1S/C16H18FN3O/c1-3-19-11(2)12-4-6-15(7-5-12)20-16(21)13-8-14(17)10-18-9-13/h4-11,19H,3H2,1-2H3,(H,20,21). The van der Waals surface area contributed by atoms with Crippen molar-refractivity contribution < 1.29 is 9.18 Å². The van der Waals surface area contributed by atoms with Crippen LogP contribution in [0, 0.1) is 5.82 Å². The van der Waals surface area contributed by atoms with E-state index in [9.17, 15) is 9.18 Å². The van der Waals surface area contributed by atoms with E-state index in [4.69, 9.17) is 0 Å². The van der Waals surface area contributed by atoms with Crippen molar-refractivity contribution in [1.29, 1.82) is 0 Å². The Morgan fingerprint density at radius 1 is 1.29 bits per heavy atom. The lowest BCUT2D eigenvalue weighted by atomic mass is 10.1. The number of carbonyl (C=O) groups excluding carboxylic acids is 1. The van der Waals surface area contributed by atoms with E-state index in [1.165, 1.54) is 6.20 Å². The van der Waals surface area contributed by atoms with Gasteiger partial charge in [-0.05, 0) is 37.2 Å². The zero-order valence-corrected chi connectivity index (χ0v) is 12.1. The second kappa shape index (κ2) is 6.95. The summed E-state index contributed by atoms with van der Waals surface area (Å²) in [7, 11) is 0. The first-order valence-corrected chi connectivity index (χ1v) is 6.85. The number of rotatable bonds is 5. The summed E-state index contributed by atoms with van der Waals surface area (Å²) in [6, 6.07) is 8.97. The summed E-state index contributed by atoms with van der Waals surface area (Å²) in [5, 5.41) is 6.03. The number of nitrogens with one attached hydrogen (secondary N) is 2. The smallest absolute Gasteiger partial charge is 0.257 e. The van der Waals surface area contributed by atoms with Gasteiger partial charge in [0.05, 0.1) is 11.8 Å². The number of anilines is 1. The van der Waals surface area contributed by atoms with Gasteiger partial charge in [-0.1, -0.05) is 19.1 Å². The fourth-order valence-corrected chi connectivity index (χ4v) is 2.02. The first kappa shape index (κ1) is 15.1. The van der Waals surface area contributed by atoms with Crippen LogP contribution in [0.4, 0.5) is 10.1 Å². The molecule has 0 fully saturated rings. The summed E-state index contributed by atoms with van der Waals surface area (Å²) in [6.07, 6.45) is 2.40. The third-order valence-corrected chi connectivity index (χ3v) is 3.15. The zero-order valence-electron chi connectivity index (χ0n) is 12.1. The molecule has 1 aromatic carbocycles. The highest BCUT2D eigenvalue weighted by molar-refractivity contribution is 6.04. The Balaban J connectivity index is 2.05. The molecule has 0 spiro atoms. The summed E-state index contributed by atoms with van der Waals surface area (Å²) >= 11 is 0. The number of amides is 1. The molecule has 0 saturated carbocycles. The number of hydrogen-bond acceptors (Lipinski definition) is 3. The van der Waals surface area contributed by atoms with E-state index in [0.29, 0.717) is 5.69 Å². The average Bonchev–Trinajstić information content (AvgIpc) is 2.48. The maximum absolute atomic E-state index is 13.0. The second-order valence-electron chi connectivity index (χ2n) is 4.75. The molecular formula is C16H18FN3O. The minimum absolute atomic E-state index is 0.195. The molecule has 0 radical (unpaired) electrons. The molecule has 0 aliphatic carbocycles. The largest absolute Gasteiger partial charge is 0.322 e. The first-order valence-electron chi connectivity index (χ1n) is 6.85. The molecule has 2 N–H and O–H groups in total. The van der Waals surface area contributed by atoms with E-state index >= 15 is 0 Å². The van der Waals surface area contributed by atoms with Gasteiger partial charge in [0.15, 0.2) is 0 Å². The number of pyridine rings is 1. The van der Waals surface area contributed by atoms with Gasteiger partial charge >= 0.3 is 0 Å². The molecule has 5 heteroatoms. The van der Waals surface area contributed by atoms with Crippen molar-refractivity contribution in [2.24, 2.45) is 0 Å². The monoisotopic (exact) mass is 287 g/mol. The summed E-state index contributed by atoms with van der Waals surface area (Å²) in [5.74, 6) is -0.910. The number of benzene rings is 1. The molecule has 21 heavy (non-hydrogen) atoms. The van der Waals surface area contributed by atoms with E-state index in [2.05, 4.69) is 29.5 Å². The molecule has 1 aromatic heterocycles. The lowest BCUT2D eigenvalue weighted by Crippen LogP contribution is -2.17. The van der Waals surface area contributed by atoms with E-state index in [0.717, 1.165) is 24.4 Å². The van der Waals surface area contributed by atoms with Crippen LogP contribution in [-0.2, 0) is 0 Å². The van der Waals surface area contributed by atoms with Crippen LogP contribution >= 0.6 is 0 Å². The molecule has 2 rings (SSSR count). The van der Waals surface area contributed by atoms with Gasteiger partial charge in [-0.25, -0.2) is 4.39 Å². The average molecular weight is 287 g/mol. The zero-order chi connectivity index (χ0) is 15.2. The minimum atomic E-state index is -0.530. The Morgan fingerprint density at radius 2 is 2.00 bits per heavy atom. The van der Waals surface area contributed by atoms with Crippen LogP contribution in [0.1, 0.15) is 35.8 Å². The molecule has 0 aliphatic rings. The molecule has 1 atom stereocenters. The van der Waals surface area contributed by atoms with Crippen LogP contribution in [0.5, 0.6) is 0 Å². The Hall–Kier alpha value is -2.27. The molecule has 1 amide bonds. The highest BCUT2D eigenvalue weighted by Crippen LogP contribution is 2.16. The molecule has 1 unspecified atom stereocenters. The molecule has 0 aliphatic heterocycles. The highest BCUT2D eigenvalue weighted by Gasteiger charge is 2.08. The second-order valence-corrected chi connectivity index (χ2v) is 4.75. The van der Waals surface area contributed by atoms with Crippen molar-refractivity contribution in [2.45, 2.75) is 19.9 Å². The third kappa shape index (κ3) is 4.10. The highest BCUT2D eigenvalue weighted by atomic mass is 19.1. The Bertz CT molecular complexity index is 613. The van der Waals surface area contributed by atoms with Crippen LogP contribution in [0.2, 0.25) is 0 Å². The molecule has 1 heterocycles. The molecule has 2 aromatic rings. The van der Waals surface area contributed by atoms with Crippen molar-refractivity contribution in [3.63, 3.8) is 0 Å². The van der Waals surface area contributed by atoms with Crippen molar-refractivity contribution >= 4 is 11.6 Å². The SMILES string of the molecule is CCNC(C)c1ccc(NC(=O)c2cncc(F)c2)cc1. The van der Waals surface area contributed by atoms with E-state index in [-0.39, 0.29) is 17.5 Å². The number of carbonyl (C=O) groups is 1. The van der Waals surface area contributed by atoms with Crippen molar-refractivity contribution in [3.05, 3.63) is 59.7 Å². The van der Waals surface area contributed by atoms with Gasteiger partial charge in [0.2, 0.25) is 0 Å². The summed E-state index contributed by atoms with van der Waals surface area (Å²) < 4.78 is 13.0. The number of aromatic nitrogens is 1. The molecule has 0 saturated heterocycles.